The first-order valence-corrected chi connectivity index (χ1v) is 5.84. The second kappa shape index (κ2) is 4.24. The van der Waals surface area contributed by atoms with Crippen molar-refractivity contribution in [2.75, 3.05) is 17.7 Å². The van der Waals surface area contributed by atoms with Crippen LogP contribution in [0.15, 0.2) is 0 Å². The third kappa shape index (κ3) is 2.54. The molecule has 1 aliphatic carbocycles. The lowest BCUT2D eigenvalue weighted by Crippen LogP contribution is -2.01. The SMILES string of the molecule is ClCCCNc1nc(C2CC2)ns1. The number of alkyl halides is 1. The Morgan fingerprint density at radius 3 is 3.08 bits per heavy atom. The molecule has 1 aromatic heterocycles. The zero-order chi connectivity index (χ0) is 9.10. The molecule has 0 radical (unpaired) electrons. The molecule has 5 heteroatoms. The molecule has 2 rings (SSSR count). The van der Waals surface area contributed by atoms with E-state index in [1.807, 2.05) is 0 Å². The summed E-state index contributed by atoms with van der Waals surface area (Å²) < 4.78 is 4.29. The van der Waals surface area contributed by atoms with Crippen LogP contribution >= 0.6 is 23.1 Å². The normalized spacial score (nSPS) is 16.1. The molecule has 0 atom stereocenters. The number of nitrogens with zero attached hydrogens (tertiary/aromatic N) is 2. The first-order valence-electron chi connectivity index (χ1n) is 4.53. The first-order chi connectivity index (χ1) is 6.40. The van der Waals surface area contributed by atoms with Crippen LogP contribution in [0.4, 0.5) is 5.13 Å². The summed E-state index contributed by atoms with van der Waals surface area (Å²) in [5.74, 6) is 2.37. The van der Waals surface area contributed by atoms with Gasteiger partial charge in [-0.25, -0.2) is 4.98 Å². The van der Waals surface area contributed by atoms with Crippen LogP contribution < -0.4 is 5.32 Å². The molecule has 0 unspecified atom stereocenters. The summed E-state index contributed by atoms with van der Waals surface area (Å²) in [6, 6.07) is 0. The van der Waals surface area contributed by atoms with Gasteiger partial charge in [-0.1, -0.05) is 0 Å². The fraction of sp³-hybridized carbons (Fsp3) is 0.750. The smallest absolute Gasteiger partial charge is 0.202 e. The lowest BCUT2D eigenvalue weighted by atomic mass is 10.4. The summed E-state index contributed by atoms with van der Waals surface area (Å²) in [6.45, 7) is 0.892. The van der Waals surface area contributed by atoms with Crippen molar-refractivity contribution in [2.45, 2.75) is 25.2 Å². The highest BCUT2D eigenvalue weighted by Crippen LogP contribution is 2.39. The Morgan fingerprint density at radius 2 is 2.38 bits per heavy atom. The monoisotopic (exact) mass is 217 g/mol. The van der Waals surface area contributed by atoms with Crippen molar-refractivity contribution in [1.29, 1.82) is 0 Å². The van der Waals surface area contributed by atoms with Crippen LogP contribution in [-0.2, 0) is 0 Å². The van der Waals surface area contributed by atoms with Gasteiger partial charge in [0.05, 0.1) is 0 Å². The van der Waals surface area contributed by atoms with E-state index in [0.29, 0.717) is 11.8 Å². The third-order valence-corrected chi connectivity index (χ3v) is 2.93. The number of hydrogen-bond acceptors (Lipinski definition) is 4. The van der Waals surface area contributed by atoms with Gasteiger partial charge in [0.2, 0.25) is 5.13 Å². The van der Waals surface area contributed by atoms with Crippen LogP contribution in [0.3, 0.4) is 0 Å². The summed E-state index contributed by atoms with van der Waals surface area (Å²) in [7, 11) is 0. The highest BCUT2D eigenvalue weighted by atomic mass is 35.5. The summed E-state index contributed by atoms with van der Waals surface area (Å²) >= 11 is 7.01. The van der Waals surface area contributed by atoms with Gasteiger partial charge in [-0.2, -0.15) is 4.37 Å². The second-order valence-electron chi connectivity index (χ2n) is 3.20. The Labute approximate surface area is 86.7 Å². The lowest BCUT2D eigenvalue weighted by molar-refractivity contribution is 0.957. The molecule has 13 heavy (non-hydrogen) atoms. The number of hydrogen-bond donors (Lipinski definition) is 1. The zero-order valence-corrected chi connectivity index (χ0v) is 8.87. The van der Waals surface area contributed by atoms with Crippen LogP contribution in [0, 0.1) is 0 Å². The molecule has 0 spiro atoms. The van der Waals surface area contributed by atoms with Gasteiger partial charge in [0.25, 0.3) is 0 Å². The molecule has 0 bridgehead atoms. The minimum atomic E-state index is 0.653. The number of nitrogens with one attached hydrogen (secondary N) is 1. The number of rotatable bonds is 5. The van der Waals surface area contributed by atoms with E-state index in [4.69, 9.17) is 11.6 Å². The molecule has 1 fully saturated rings. The quantitative estimate of drug-likeness (QED) is 0.608. The van der Waals surface area contributed by atoms with Crippen molar-refractivity contribution >= 4 is 28.3 Å². The molecular weight excluding hydrogens is 206 g/mol. The molecule has 0 aromatic carbocycles. The van der Waals surface area contributed by atoms with Crippen molar-refractivity contribution in [3.8, 4) is 0 Å². The van der Waals surface area contributed by atoms with Gasteiger partial charge >= 0.3 is 0 Å². The average Bonchev–Trinajstić information content (AvgIpc) is 2.88. The number of anilines is 1. The van der Waals surface area contributed by atoms with E-state index in [0.717, 1.165) is 23.9 Å². The van der Waals surface area contributed by atoms with Gasteiger partial charge in [-0.3, -0.25) is 0 Å². The number of aromatic nitrogens is 2. The molecule has 3 nitrogen and oxygen atoms in total. The van der Waals surface area contributed by atoms with Crippen LogP contribution in [0.2, 0.25) is 0 Å². The molecule has 1 aliphatic rings. The van der Waals surface area contributed by atoms with Crippen molar-refractivity contribution in [3.05, 3.63) is 5.82 Å². The van der Waals surface area contributed by atoms with Crippen molar-refractivity contribution < 1.29 is 0 Å². The predicted molar refractivity (Wildman–Crippen MR) is 55.7 cm³/mol. The minimum Gasteiger partial charge on any atom is -0.360 e. The molecular formula is C8H12ClN3S. The van der Waals surface area contributed by atoms with E-state index < -0.39 is 0 Å². The van der Waals surface area contributed by atoms with Gasteiger partial charge in [0.15, 0.2) is 0 Å². The van der Waals surface area contributed by atoms with Gasteiger partial charge in [0.1, 0.15) is 5.82 Å². The molecule has 0 saturated heterocycles. The molecule has 0 amide bonds. The zero-order valence-electron chi connectivity index (χ0n) is 7.29. The summed E-state index contributed by atoms with van der Waals surface area (Å²) in [4.78, 5) is 4.40. The largest absolute Gasteiger partial charge is 0.360 e. The highest BCUT2D eigenvalue weighted by Gasteiger charge is 2.27. The van der Waals surface area contributed by atoms with Crippen LogP contribution in [0.1, 0.15) is 31.0 Å². The molecule has 72 valence electrons. The minimum absolute atomic E-state index is 0.653. The first kappa shape index (κ1) is 9.21. The molecule has 1 heterocycles. The Balaban J connectivity index is 1.82. The summed E-state index contributed by atoms with van der Waals surface area (Å²) in [6.07, 6.45) is 3.50. The summed E-state index contributed by atoms with van der Waals surface area (Å²) in [5, 5.41) is 4.15. The van der Waals surface area contributed by atoms with Crippen molar-refractivity contribution in [1.82, 2.24) is 9.36 Å². The van der Waals surface area contributed by atoms with Gasteiger partial charge in [-0.15, -0.1) is 11.6 Å². The van der Waals surface area contributed by atoms with Gasteiger partial charge in [0, 0.05) is 29.9 Å². The van der Waals surface area contributed by atoms with E-state index in [1.54, 1.807) is 0 Å². The molecule has 1 saturated carbocycles. The predicted octanol–water partition coefficient (Wildman–Crippen LogP) is 2.46. The Kier molecular flexibility index (Phi) is 3.01. The molecule has 1 N–H and O–H groups in total. The highest BCUT2D eigenvalue weighted by molar-refractivity contribution is 7.09. The average molecular weight is 218 g/mol. The molecule has 0 aliphatic heterocycles. The molecule has 1 aromatic rings. The lowest BCUT2D eigenvalue weighted by Gasteiger charge is -1.97. The van der Waals surface area contributed by atoms with E-state index in [2.05, 4.69) is 14.7 Å². The standard InChI is InChI=1S/C8H12ClN3S/c9-4-1-5-10-8-11-7(12-13-8)6-2-3-6/h6H,1-5H2,(H,10,11,12). The Morgan fingerprint density at radius 1 is 1.54 bits per heavy atom. The van der Waals surface area contributed by atoms with Crippen molar-refractivity contribution in [2.24, 2.45) is 0 Å². The van der Waals surface area contributed by atoms with Crippen LogP contribution in [0.5, 0.6) is 0 Å². The summed E-state index contributed by atoms with van der Waals surface area (Å²) in [5.41, 5.74) is 0. The maximum Gasteiger partial charge on any atom is 0.202 e. The maximum absolute atomic E-state index is 5.56. The third-order valence-electron chi connectivity index (χ3n) is 1.97. The van der Waals surface area contributed by atoms with E-state index in [9.17, 15) is 0 Å². The maximum atomic E-state index is 5.56. The Hall–Kier alpha value is -0.350. The van der Waals surface area contributed by atoms with Crippen molar-refractivity contribution in [3.63, 3.8) is 0 Å². The van der Waals surface area contributed by atoms with Crippen LogP contribution in [-0.4, -0.2) is 21.8 Å². The van der Waals surface area contributed by atoms with Crippen LogP contribution in [0.25, 0.3) is 0 Å². The second-order valence-corrected chi connectivity index (χ2v) is 4.33. The van der Waals surface area contributed by atoms with Gasteiger partial charge < -0.3 is 5.32 Å². The van der Waals surface area contributed by atoms with E-state index in [1.165, 1.54) is 24.4 Å². The Bertz CT molecular complexity index is 272. The topological polar surface area (TPSA) is 37.8 Å². The van der Waals surface area contributed by atoms with E-state index in [-0.39, 0.29) is 0 Å². The fourth-order valence-electron chi connectivity index (χ4n) is 1.08. The number of halogens is 1. The van der Waals surface area contributed by atoms with Gasteiger partial charge in [-0.05, 0) is 19.3 Å². The fourth-order valence-corrected chi connectivity index (χ4v) is 1.88. The van der Waals surface area contributed by atoms with E-state index >= 15 is 0 Å².